The molecular weight excluding hydrogens is 636 g/mol. The molecule has 0 aliphatic carbocycles. The molecule has 254 valence electrons. The number of carboxylic acids is 1. The number of likely N-dealkylation sites (tertiary alicyclic amines) is 1. The predicted octanol–water partition coefficient (Wildman–Crippen LogP) is 3.95. The van der Waals surface area contributed by atoms with Crippen LogP contribution in [0.5, 0.6) is 0 Å². The summed E-state index contributed by atoms with van der Waals surface area (Å²) in [4.78, 5) is 52.4. The largest absolute Gasteiger partial charge is 0.480 e. The zero-order valence-corrected chi connectivity index (χ0v) is 27.5. The van der Waals surface area contributed by atoms with E-state index in [1.165, 1.54) is 12.1 Å². The van der Waals surface area contributed by atoms with Crippen LogP contribution in [-0.4, -0.2) is 78.3 Å². The molecule has 3 amide bonds. The molecule has 2 aliphatic rings. The molecule has 3 N–H and O–H groups in total. The van der Waals surface area contributed by atoms with E-state index in [1.807, 2.05) is 37.3 Å². The Bertz CT molecular complexity index is 1710. The topological polar surface area (TPSA) is 162 Å². The van der Waals surface area contributed by atoms with Gasteiger partial charge in [0, 0.05) is 37.7 Å². The highest BCUT2D eigenvalue weighted by atomic mass is 32.2. The Labute approximate surface area is 280 Å². The molecule has 2 heterocycles. The highest BCUT2D eigenvalue weighted by Gasteiger charge is 2.40. The van der Waals surface area contributed by atoms with E-state index in [0.717, 1.165) is 15.4 Å². The van der Waals surface area contributed by atoms with Crippen LogP contribution in [0.25, 0.3) is 0 Å². The zero-order chi connectivity index (χ0) is 34.3. The van der Waals surface area contributed by atoms with Crippen molar-refractivity contribution in [1.82, 2.24) is 14.5 Å². The van der Waals surface area contributed by atoms with Crippen molar-refractivity contribution in [3.8, 4) is 0 Å². The van der Waals surface area contributed by atoms with Crippen molar-refractivity contribution in [1.29, 1.82) is 0 Å². The normalized spacial score (nSPS) is 17.8. The second kappa shape index (κ2) is 15.4. The van der Waals surface area contributed by atoms with Crippen LogP contribution in [0.15, 0.2) is 83.8 Å². The van der Waals surface area contributed by atoms with Gasteiger partial charge in [-0.1, -0.05) is 60.2 Å². The van der Waals surface area contributed by atoms with Crippen molar-refractivity contribution >= 4 is 39.6 Å². The summed E-state index contributed by atoms with van der Waals surface area (Å²) in [6, 6.07) is 20.2. The quantitative estimate of drug-likeness (QED) is 0.275. The zero-order valence-electron chi connectivity index (χ0n) is 26.7. The molecule has 0 aromatic heterocycles. The number of hydrogen-bond donors (Lipinski definition) is 3. The molecule has 0 bridgehead atoms. The molecule has 12 nitrogen and oxygen atoms in total. The lowest BCUT2D eigenvalue weighted by molar-refractivity contribution is -0.142. The third-order valence-corrected chi connectivity index (χ3v) is 10.7. The number of carboxylic acid groups (broad SMARTS) is 1. The Morgan fingerprint density at radius 3 is 2.17 bits per heavy atom. The number of rotatable bonds is 11. The molecule has 3 aromatic rings. The van der Waals surface area contributed by atoms with E-state index >= 15 is 0 Å². The molecule has 5 rings (SSSR count). The van der Waals surface area contributed by atoms with Gasteiger partial charge in [-0.05, 0) is 68.0 Å². The average molecular weight is 677 g/mol. The number of piperidine rings is 1. The number of ether oxygens (including phenoxy) is 1. The Kier molecular flexibility index (Phi) is 11.1. The molecule has 2 saturated heterocycles. The number of amides is 3. The number of carbonyl (C=O) groups excluding carboxylic acids is 3. The van der Waals surface area contributed by atoms with Crippen molar-refractivity contribution in [3.63, 3.8) is 0 Å². The molecule has 2 fully saturated rings. The lowest BCUT2D eigenvalue weighted by Crippen LogP contribution is -2.51. The molecule has 0 radical (unpaired) electrons. The maximum absolute atomic E-state index is 13.3. The smallest absolute Gasteiger partial charge is 0.410 e. The molecule has 0 unspecified atom stereocenters. The van der Waals surface area contributed by atoms with Gasteiger partial charge in [0.15, 0.2) is 0 Å². The fourth-order valence-electron chi connectivity index (χ4n) is 5.94. The van der Waals surface area contributed by atoms with E-state index in [0.29, 0.717) is 43.6 Å². The van der Waals surface area contributed by atoms with Gasteiger partial charge >= 0.3 is 12.1 Å². The lowest BCUT2D eigenvalue weighted by Gasteiger charge is -2.30. The standard InChI is InChI=1S/C35H40N4O8S/c1-24-9-15-29(16-10-24)48(45,46)39-19-5-8-31(39)33(41)37-30(34(42)43)22-25-11-13-28(14-12-25)36-32(40)27-17-20-38(21-18-27)35(44)47-23-26-6-3-2-4-7-26/h2-4,6-7,9-16,27,30-31H,5,8,17-23H2,1H3,(H,36,40)(H,37,41)(H,42,43)/t30-,31+/m1/s1. The van der Waals surface area contributed by atoms with Gasteiger partial charge in [-0.3, -0.25) is 9.59 Å². The van der Waals surface area contributed by atoms with Crippen LogP contribution in [0.1, 0.15) is 42.4 Å². The molecule has 48 heavy (non-hydrogen) atoms. The molecule has 13 heteroatoms. The van der Waals surface area contributed by atoms with Gasteiger partial charge in [0.1, 0.15) is 18.7 Å². The molecule has 2 aliphatic heterocycles. The third-order valence-electron chi connectivity index (χ3n) is 8.74. The number of hydrogen-bond acceptors (Lipinski definition) is 7. The minimum absolute atomic E-state index is 0.0361. The van der Waals surface area contributed by atoms with Crippen molar-refractivity contribution < 1.29 is 37.4 Å². The van der Waals surface area contributed by atoms with Crippen LogP contribution in [0.3, 0.4) is 0 Å². The second-order valence-corrected chi connectivity index (χ2v) is 14.1. The summed E-state index contributed by atoms with van der Waals surface area (Å²) in [6.07, 6.45) is 1.32. The number of benzene rings is 3. The van der Waals surface area contributed by atoms with Gasteiger partial charge in [-0.2, -0.15) is 4.31 Å². The number of anilines is 1. The number of sulfonamides is 1. The van der Waals surface area contributed by atoms with Gasteiger partial charge in [0.25, 0.3) is 0 Å². The first kappa shape index (κ1) is 34.6. The first-order valence-corrected chi connectivity index (χ1v) is 17.4. The predicted molar refractivity (Wildman–Crippen MR) is 177 cm³/mol. The minimum atomic E-state index is -3.94. The fraction of sp³-hybridized carbons (Fsp3) is 0.371. The van der Waals surface area contributed by atoms with E-state index in [1.54, 1.807) is 41.3 Å². The summed E-state index contributed by atoms with van der Waals surface area (Å²) in [5.41, 5.74) is 2.95. The fourth-order valence-corrected chi connectivity index (χ4v) is 7.60. The van der Waals surface area contributed by atoms with Crippen LogP contribution in [0, 0.1) is 12.8 Å². The Morgan fingerprint density at radius 1 is 0.854 bits per heavy atom. The van der Waals surface area contributed by atoms with Gasteiger partial charge in [-0.15, -0.1) is 0 Å². The third kappa shape index (κ3) is 8.58. The average Bonchev–Trinajstić information content (AvgIpc) is 3.60. The van der Waals surface area contributed by atoms with Crippen LogP contribution in [0.4, 0.5) is 10.5 Å². The Balaban J connectivity index is 1.10. The van der Waals surface area contributed by atoms with E-state index < -0.39 is 40.1 Å². The van der Waals surface area contributed by atoms with Crippen molar-refractivity contribution in [2.45, 2.75) is 62.6 Å². The van der Waals surface area contributed by atoms with Crippen LogP contribution in [-0.2, 0) is 42.2 Å². The van der Waals surface area contributed by atoms with Gasteiger partial charge < -0.3 is 25.4 Å². The first-order valence-electron chi connectivity index (χ1n) is 16.0. The number of aliphatic carboxylic acids is 1. The molecule has 2 atom stereocenters. The van der Waals surface area contributed by atoms with Gasteiger partial charge in [-0.25, -0.2) is 18.0 Å². The number of aryl methyl sites for hydroxylation is 1. The molecular formula is C35H40N4O8S. The Hall–Kier alpha value is -4.75. The second-order valence-electron chi connectivity index (χ2n) is 12.2. The lowest BCUT2D eigenvalue weighted by atomic mass is 9.96. The van der Waals surface area contributed by atoms with Crippen LogP contribution in [0.2, 0.25) is 0 Å². The molecule has 0 saturated carbocycles. The van der Waals surface area contributed by atoms with E-state index in [4.69, 9.17) is 4.74 Å². The van der Waals surface area contributed by atoms with Crippen molar-refractivity contribution in [3.05, 3.63) is 95.6 Å². The van der Waals surface area contributed by atoms with Crippen molar-refractivity contribution in [2.24, 2.45) is 5.92 Å². The number of nitrogens with zero attached hydrogens (tertiary/aromatic N) is 2. The summed E-state index contributed by atoms with van der Waals surface area (Å²) in [6.45, 7) is 3.01. The highest BCUT2D eigenvalue weighted by Crippen LogP contribution is 2.27. The maximum atomic E-state index is 13.3. The first-order chi connectivity index (χ1) is 23.0. The van der Waals surface area contributed by atoms with E-state index in [-0.39, 0.29) is 42.7 Å². The SMILES string of the molecule is Cc1ccc(S(=O)(=O)N2CCC[C@H]2C(=O)N[C@H](Cc2ccc(NC(=O)C3CCN(C(=O)OCc4ccccc4)CC3)cc2)C(=O)O)cc1. The molecule has 0 spiro atoms. The maximum Gasteiger partial charge on any atom is 0.410 e. The summed E-state index contributed by atoms with van der Waals surface area (Å²) in [5.74, 6) is -2.35. The summed E-state index contributed by atoms with van der Waals surface area (Å²) >= 11 is 0. The van der Waals surface area contributed by atoms with E-state index in [2.05, 4.69) is 10.6 Å². The van der Waals surface area contributed by atoms with Crippen LogP contribution >= 0.6 is 0 Å². The summed E-state index contributed by atoms with van der Waals surface area (Å²) in [7, 11) is -3.94. The minimum Gasteiger partial charge on any atom is -0.480 e. The summed E-state index contributed by atoms with van der Waals surface area (Å²) < 4.78 is 33.1. The monoisotopic (exact) mass is 676 g/mol. The number of nitrogens with one attached hydrogen (secondary N) is 2. The number of carbonyl (C=O) groups is 4. The summed E-state index contributed by atoms with van der Waals surface area (Å²) in [5, 5.41) is 15.3. The highest BCUT2D eigenvalue weighted by molar-refractivity contribution is 7.89. The van der Waals surface area contributed by atoms with Crippen LogP contribution < -0.4 is 10.6 Å². The van der Waals surface area contributed by atoms with E-state index in [9.17, 15) is 32.7 Å². The Morgan fingerprint density at radius 2 is 1.52 bits per heavy atom. The van der Waals surface area contributed by atoms with Gasteiger partial charge in [0.05, 0.1) is 4.90 Å². The molecule has 3 aromatic carbocycles. The van der Waals surface area contributed by atoms with Gasteiger partial charge in [0.2, 0.25) is 21.8 Å². The van der Waals surface area contributed by atoms with Crippen molar-refractivity contribution in [2.75, 3.05) is 25.0 Å².